The second-order valence-electron chi connectivity index (χ2n) is 6.83. The SMILES string of the molecule is CCCn1nc(C(=O)N2CCN(C(=O)c3ccc(C)c(F)c3)CC2)ccc1=O. The Bertz CT molecular complexity index is 949. The number of hydrogen-bond donors (Lipinski definition) is 0. The smallest absolute Gasteiger partial charge is 0.274 e. The monoisotopic (exact) mass is 386 g/mol. The highest BCUT2D eigenvalue weighted by Crippen LogP contribution is 2.14. The molecule has 1 saturated heterocycles. The maximum Gasteiger partial charge on any atom is 0.274 e. The van der Waals surface area contributed by atoms with Crippen molar-refractivity contribution in [2.24, 2.45) is 0 Å². The molecule has 0 spiro atoms. The molecule has 0 unspecified atom stereocenters. The molecule has 2 amide bonds. The summed E-state index contributed by atoms with van der Waals surface area (Å²) in [7, 11) is 0. The molecule has 2 aromatic rings. The van der Waals surface area contributed by atoms with Gasteiger partial charge < -0.3 is 9.80 Å². The fourth-order valence-electron chi connectivity index (χ4n) is 3.12. The molecule has 0 aliphatic carbocycles. The zero-order valence-electron chi connectivity index (χ0n) is 16.0. The van der Waals surface area contributed by atoms with Crippen LogP contribution < -0.4 is 5.56 Å². The number of halogens is 1. The minimum Gasteiger partial charge on any atom is -0.335 e. The third-order valence-corrected chi connectivity index (χ3v) is 4.79. The third kappa shape index (κ3) is 4.11. The van der Waals surface area contributed by atoms with Crippen molar-refractivity contribution >= 4 is 11.8 Å². The van der Waals surface area contributed by atoms with Gasteiger partial charge in [-0.25, -0.2) is 9.07 Å². The molecule has 3 rings (SSSR count). The summed E-state index contributed by atoms with van der Waals surface area (Å²) in [6.07, 6.45) is 0.741. The van der Waals surface area contributed by atoms with E-state index in [0.29, 0.717) is 43.9 Å². The highest BCUT2D eigenvalue weighted by molar-refractivity contribution is 5.95. The third-order valence-electron chi connectivity index (χ3n) is 4.79. The van der Waals surface area contributed by atoms with Crippen molar-refractivity contribution < 1.29 is 14.0 Å². The number of aryl methyl sites for hydroxylation is 2. The van der Waals surface area contributed by atoms with Crippen LogP contribution in [-0.4, -0.2) is 57.6 Å². The summed E-state index contributed by atoms with van der Waals surface area (Å²) < 4.78 is 15.0. The summed E-state index contributed by atoms with van der Waals surface area (Å²) in [4.78, 5) is 40.2. The predicted octanol–water partition coefficient (Wildman–Crippen LogP) is 1.70. The average molecular weight is 386 g/mol. The number of aromatic nitrogens is 2. The Morgan fingerprint density at radius 3 is 2.29 bits per heavy atom. The number of amides is 2. The van der Waals surface area contributed by atoms with E-state index in [1.807, 2.05) is 6.92 Å². The molecule has 1 aromatic carbocycles. The normalized spacial score (nSPS) is 14.2. The second-order valence-corrected chi connectivity index (χ2v) is 6.83. The molecule has 2 heterocycles. The van der Waals surface area contributed by atoms with E-state index in [-0.39, 0.29) is 23.1 Å². The first-order valence-corrected chi connectivity index (χ1v) is 9.33. The van der Waals surface area contributed by atoms with Crippen LogP contribution in [-0.2, 0) is 6.54 Å². The van der Waals surface area contributed by atoms with Gasteiger partial charge in [0.1, 0.15) is 11.5 Å². The number of carbonyl (C=O) groups is 2. The Morgan fingerprint density at radius 2 is 1.68 bits per heavy atom. The van der Waals surface area contributed by atoms with Crippen LogP contribution in [0.25, 0.3) is 0 Å². The van der Waals surface area contributed by atoms with E-state index in [1.54, 1.807) is 28.9 Å². The number of nitrogens with zero attached hydrogens (tertiary/aromatic N) is 4. The van der Waals surface area contributed by atoms with Gasteiger partial charge in [0.15, 0.2) is 0 Å². The molecule has 1 aliphatic rings. The molecule has 28 heavy (non-hydrogen) atoms. The minimum atomic E-state index is -0.409. The lowest BCUT2D eigenvalue weighted by Gasteiger charge is -2.34. The van der Waals surface area contributed by atoms with E-state index in [4.69, 9.17) is 0 Å². The highest BCUT2D eigenvalue weighted by Gasteiger charge is 2.26. The van der Waals surface area contributed by atoms with Gasteiger partial charge in [-0.15, -0.1) is 0 Å². The van der Waals surface area contributed by atoms with Crippen molar-refractivity contribution in [2.45, 2.75) is 26.8 Å². The predicted molar refractivity (Wildman–Crippen MR) is 102 cm³/mol. The fourth-order valence-corrected chi connectivity index (χ4v) is 3.12. The molecule has 0 radical (unpaired) electrons. The average Bonchev–Trinajstić information content (AvgIpc) is 2.71. The van der Waals surface area contributed by atoms with E-state index in [0.717, 1.165) is 6.42 Å². The molecule has 7 nitrogen and oxygen atoms in total. The van der Waals surface area contributed by atoms with Crippen molar-refractivity contribution in [1.29, 1.82) is 0 Å². The van der Waals surface area contributed by atoms with Crippen LogP contribution in [0.3, 0.4) is 0 Å². The molecule has 0 N–H and O–H groups in total. The summed E-state index contributed by atoms with van der Waals surface area (Å²) in [5.74, 6) is -0.924. The largest absolute Gasteiger partial charge is 0.335 e. The molecule has 0 atom stereocenters. The van der Waals surface area contributed by atoms with Gasteiger partial charge in [-0.05, 0) is 37.1 Å². The summed E-state index contributed by atoms with van der Waals surface area (Å²) in [5.41, 5.74) is 0.771. The van der Waals surface area contributed by atoms with Crippen LogP contribution in [0.1, 0.15) is 39.8 Å². The Labute approximate surface area is 162 Å². The minimum absolute atomic E-state index is 0.216. The Morgan fingerprint density at radius 1 is 1.04 bits per heavy atom. The molecular weight excluding hydrogens is 363 g/mol. The molecule has 1 aliphatic heterocycles. The molecular formula is C20H23FN4O3. The molecule has 0 bridgehead atoms. The van der Waals surface area contributed by atoms with Crippen molar-refractivity contribution in [3.05, 3.63) is 63.3 Å². The van der Waals surface area contributed by atoms with Crippen LogP contribution >= 0.6 is 0 Å². The quantitative estimate of drug-likeness (QED) is 0.802. The first-order valence-electron chi connectivity index (χ1n) is 9.33. The number of hydrogen-bond acceptors (Lipinski definition) is 4. The number of piperazine rings is 1. The first-order chi connectivity index (χ1) is 13.4. The maximum absolute atomic E-state index is 13.7. The maximum atomic E-state index is 13.7. The van der Waals surface area contributed by atoms with E-state index in [1.165, 1.54) is 22.9 Å². The van der Waals surface area contributed by atoms with Gasteiger partial charge in [0.2, 0.25) is 0 Å². The van der Waals surface area contributed by atoms with Gasteiger partial charge in [0, 0.05) is 44.4 Å². The summed E-state index contributed by atoms with van der Waals surface area (Å²) in [5, 5.41) is 4.15. The van der Waals surface area contributed by atoms with Crippen molar-refractivity contribution in [3.63, 3.8) is 0 Å². The van der Waals surface area contributed by atoms with Crippen molar-refractivity contribution in [3.8, 4) is 0 Å². The van der Waals surface area contributed by atoms with Gasteiger partial charge in [-0.3, -0.25) is 14.4 Å². The van der Waals surface area contributed by atoms with E-state index in [2.05, 4.69) is 5.10 Å². The van der Waals surface area contributed by atoms with Gasteiger partial charge in [-0.2, -0.15) is 5.10 Å². The van der Waals surface area contributed by atoms with E-state index in [9.17, 15) is 18.8 Å². The van der Waals surface area contributed by atoms with Crippen molar-refractivity contribution in [1.82, 2.24) is 19.6 Å². The molecule has 1 fully saturated rings. The highest BCUT2D eigenvalue weighted by atomic mass is 19.1. The zero-order chi connectivity index (χ0) is 20.3. The van der Waals surface area contributed by atoms with Crippen LogP contribution in [0.15, 0.2) is 35.1 Å². The first kappa shape index (κ1) is 19.7. The zero-order valence-corrected chi connectivity index (χ0v) is 16.0. The molecule has 8 heteroatoms. The fraction of sp³-hybridized carbons (Fsp3) is 0.400. The Hall–Kier alpha value is -3.03. The lowest BCUT2D eigenvalue weighted by Crippen LogP contribution is -2.51. The Kier molecular flexibility index (Phi) is 5.87. The summed E-state index contributed by atoms with van der Waals surface area (Å²) in [6.45, 7) is 5.45. The number of rotatable bonds is 4. The van der Waals surface area contributed by atoms with Gasteiger partial charge >= 0.3 is 0 Å². The van der Waals surface area contributed by atoms with Crippen LogP contribution in [0.5, 0.6) is 0 Å². The van der Waals surface area contributed by atoms with Crippen LogP contribution in [0.4, 0.5) is 4.39 Å². The van der Waals surface area contributed by atoms with Gasteiger partial charge in [0.25, 0.3) is 17.4 Å². The lowest BCUT2D eigenvalue weighted by atomic mass is 10.1. The van der Waals surface area contributed by atoms with Crippen LogP contribution in [0.2, 0.25) is 0 Å². The number of carbonyl (C=O) groups excluding carboxylic acids is 2. The van der Waals surface area contributed by atoms with Gasteiger partial charge in [0.05, 0.1) is 0 Å². The molecule has 148 valence electrons. The molecule has 0 saturated carbocycles. The van der Waals surface area contributed by atoms with Crippen LogP contribution in [0, 0.1) is 12.7 Å². The second kappa shape index (κ2) is 8.33. The summed E-state index contributed by atoms with van der Waals surface area (Å²) in [6, 6.07) is 7.22. The number of benzene rings is 1. The molecule has 1 aromatic heterocycles. The van der Waals surface area contributed by atoms with Crippen molar-refractivity contribution in [2.75, 3.05) is 26.2 Å². The van der Waals surface area contributed by atoms with E-state index < -0.39 is 5.82 Å². The topological polar surface area (TPSA) is 75.5 Å². The summed E-state index contributed by atoms with van der Waals surface area (Å²) >= 11 is 0. The van der Waals surface area contributed by atoms with E-state index >= 15 is 0 Å². The van der Waals surface area contributed by atoms with Gasteiger partial charge in [-0.1, -0.05) is 13.0 Å². The lowest BCUT2D eigenvalue weighted by molar-refractivity contribution is 0.0530. The standard InChI is InChI=1S/C20H23FN4O3/c1-3-8-25-18(26)7-6-17(22-25)20(28)24-11-9-23(10-12-24)19(27)15-5-4-14(2)16(21)13-15/h4-7,13H,3,8-12H2,1-2H3. The Balaban J connectivity index is 1.65.